The van der Waals surface area contributed by atoms with Crippen LogP contribution in [-0.4, -0.2) is 59.9 Å². The van der Waals surface area contributed by atoms with E-state index in [9.17, 15) is 9.59 Å². The van der Waals surface area contributed by atoms with Crippen molar-refractivity contribution in [3.05, 3.63) is 105 Å². The second-order valence-electron chi connectivity index (χ2n) is 9.61. The fraction of sp³-hybridized carbons (Fsp3) is 0.290. The second kappa shape index (κ2) is 13.7. The molecule has 0 saturated carbocycles. The molecule has 0 unspecified atom stereocenters. The van der Waals surface area contributed by atoms with Crippen molar-refractivity contribution in [2.24, 2.45) is 0 Å². The van der Waals surface area contributed by atoms with Gasteiger partial charge in [0, 0.05) is 56.0 Å². The van der Waals surface area contributed by atoms with Crippen LogP contribution < -0.4 is 0 Å². The lowest BCUT2D eigenvalue weighted by Crippen LogP contribution is -2.44. The summed E-state index contributed by atoms with van der Waals surface area (Å²) < 4.78 is 5.20. The number of fused-ring (bicyclic) bond motifs is 1. The van der Waals surface area contributed by atoms with Gasteiger partial charge >= 0.3 is 0 Å². The standard InChI is InChI=1S/C31H33Cl2N3O3/c1-22-8-11-24(12-9-22)31(38)36(15-5-17-39-2)21-30(37)35(20-23-10-13-27(32)28(33)18-23)16-14-25-19-34-29-7-4-3-6-26(25)29/h3-4,6-13,18-19,34H,5,14-17,20-21H2,1-2H3. The number of aryl methyl sites for hydroxylation is 1. The molecule has 0 bridgehead atoms. The predicted molar refractivity (Wildman–Crippen MR) is 157 cm³/mol. The number of rotatable bonds is 12. The van der Waals surface area contributed by atoms with E-state index in [1.165, 1.54) is 0 Å². The van der Waals surface area contributed by atoms with E-state index in [-0.39, 0.29) is 18.4 Å². The van der Waals surface area contributed by atoms with Crippen molar-refractivity contribution in [2.45, 2.75) is 26.3 Å². The molecular formula is C31H33Cl2N3O3. The molecule has 2 amide bonds. The Balaban J connectivity index is 1.55. The first kappa shape index (κ1) is 28.7. The van der Waals surface area contributed by atoms with Crippen LogP contribution in [-0.2, 0) is 22.5 Å². The summed E-state index contributed by atoms with van der Waals surface area (Å²) in [6, 6.07) is 20.9. The number of carbonyl (C=O) groups is 2. The molecule has 8 heteroatoms. The summed E-state index contributed by atoms with van der Waals surface area (Å²) >= 11 is 12.4. The molecule has 0 saturated heterocycles. The van der Waals surface area contributed by atoms with Crippen LogP contribution in [0.15, 0.2) is 72.9 Å². The molecule has 0 aliphatic carbocycles. The lowest BCUT2D eigenvalue weighted by molar-refractivity contribution is -0.132. The van der Waals surface area contributed by atoms with Crippen LogP contribution in [0.4, 0.5) is 0 Å². The fourth-order valence-corrected chi connectivity index (χ4v) is 4.86. The van der Waals surface area contributed by atoms with Gasteiger partial charge in [0.2, 0.25) is 5.91 Å². The molecule has 204 valence electrons. The number of nitrogens with zero attached hydrogens (tertiary/aromatic N) is 2. The Hall–Kier alpha value is -3.32. The Bertz CT molecular complexity index is 1420. The molecule has 3 aromatic carbocycles. The van der Waals surface area contributed by atoms with Crippen LogP contribution in [0, 0.1) is 6.92 Å². The molecule has 0 aliphatic heterocycles. The van der Waals surface area contributed by atoms with Crippen molar-refractivity contribution in [1.82, 2.24) is 14.8 Å². The zero-order valence-corrected chi connectivity index (χ0v) is 23.8. The number of methoxy groups -OCH3 is 1. The number of ether oxygens (including phenoxy) is 1. The van der Waals surface area contributed by atoms with E-state index in [0.29, 0.717) is 54.7 Å². The van der Waals surface area contributed by atoms with Crippen LogP contribution in [0.2, 0.25) is 10.0 Å². The number of aromatic nitrogens is 1. The molecular weight excluding hydrogens is 533 g/mol. The minimum atomic E-state index is -0.175. The minimum absolute atomic E-state index is 0.0361. The van der Waals surface area contributed by atoms with Crippen molar-refractivity contribution in [3.8, 4) is 0 Å². The Kier molecular flexibility index (Phi) is 10.0. The van der Waals surface area contributed by atoms with E-state index in [1.54, 1.807) is 41.2 Å². The highest BCUT2D eigenvalue weighted by Gasteiger charge is 2.23. The minimum Gasteiger partial charge on any atom is -0.385 e. The zero-order chi connectivity index (χ0) is 27.8. The summed E-state index contributed by atoms with van der Waals surface area (Å²) in [4.78, 5) is 33.9. The van der Waals surface area contributed by atoms with Gasteiger partial charge in [-0.2, -0.15) is 0 Å². The van der Waals surface area contributed by atoms with Gasteiger partial charge < -0.3 is 19.5 Å². The third-order valence-electron chi connectivity index (χ3n) is 6.72. The van der Waals surface area contributed by atoms with Gasteiger partial charge in [-0.05, 0) is 61.2 Å². The van der Waals surface area contributed by atoms with Crippen LogP contribution in [0.25, 0.3) is 10.9 Å². The maximum absolute atomic E-state index is 13.8. The monoisotopic (exact) mass is 565 g/mol. The molecule has 1 N–H and O–H groups in total. The van der Waals surface area contributed by atoms with Crippen molar-refractivity contribution in [2.75, 3.05) is 33.4 Å². The summed E-state index contributed by atoms with van der Waals surface area (Å²) in [6.07, 6.45) is 3.28. The Morgan fingerprint density at radius 2 is 1.69 bits per heavy atom. The summed E-state index contributed by atoms with van der Waals surface area (Å²) in [5.74, 6) is -0.315. The number of carbonyl (C=O) groups excluding carboxylic acids is 2. The molecule has 6 nitrogen and oxygen atoms in total. The molecule has 0 atom stereocenters. The van der Waals surface area contributed by atoms with Gasteiger partial charge in [-0.1, -0.05) is 65.2 Å². The predicted octanol–water partition coefficient (Wildman–Crippen LogP) is 6.53. The maximum atomic E-state index is 13.8. The number of H-pyrrole nitrogens is 1. The lowest BCUT2D eigenvalue weighted by atomic mass is 10.1. The highest BCUT2D eigenvalue weighted by atomic mass is 35.5. The Labute approximate surface area is 239 Å². The van der Waals surface area contributed by atoms with E-state index in [2.05, 4.69) is 11.1 Å². The molecule has 1 aromatic heterocycles. The average Bonchev–Trinajstić information content (AvgIpc) is 3.35. The number of hydrogen-bond donors (Lipinski definition) is 1. The first-order chi connectivity index (χ1) is 18.9. The number of benzene rings is 3. The largest absolute Gasteiger partial charge is 0.385 e. The van der Waals surface area contributed by atoms with E-state index in [0.717, 1.165) is 27.6 Å². The SMILES string of the molecule is COCCCN(CC(=O)N(CCc1c[nH]c2ccccc12)Cc1ccc(Cl)c(Cl)c1)C(=O)c1ccc(C)cc1. The van der Waals surface area contributed by atoms with Gasteiger partial charge in [-0.25, -0.2) is 0 Å². The Morgan fingerprint density at radius 1 is 0.923 bits per heavy atom. The number of nitrogens with one attached hydrogen (secondary N) is 1. The van der Waals surface area contributed by atoms with E-state index in [1.807, 2.05) is 49.5 Å². The highest BCUT2D eigenvalue weighted by Crippen LogP contribution is 2.24. The first-order valence-electron chi connectivity index (χ1n) is 13.0. The van der Waals surface area contributed by atoms with Gasteiger partial charge in [0.05, 0.1) is 10.0 Å². The van der Waals surface area contributed by atoms with Gasteiger partial charge in [0.1, 0.15) is 6.54 Å². The molecule has 0 radical (unpaired) electrons. The molecule has 39 heavy (non-hydrogen) atoms. The van der Waals surface area contributed by atoms with Crippen LogP contribution in [0.3, 0.4) is 0 Å². The average molecular weight is 567 g/mol. The maximum Gasteiger partial charge on any atom is 0.254 e. The van der Waals surface area contributed by atoms with Crippen molar-refractivity contribution >= 4 is 45.9 Å². The van der Waals surface area contributed by atoms with Crippen LogP contribution >= 0.6 is 23.2 Å². The number of aromatic amines is 1. The van der Waals surface area contributed by atoms with Crippen molar-refractivity contribution < 1.29 is 14.3 Å². The zero-order valence-electron chi connectivity index (χ0n) is 22.3. The third-order valence-corrected chi connectivity index (χ3v) is 7.46. The molecule has 0 aliphatic rings. The van der Waals surface area contributed by atoms with Gasteiger partial charge in [-0.3, -0.25) is 9.59 Å². The van der Waals surface area contributed by atoms with Crippen molar-refractivity contribution in [3.63, 3.8) is 0 Å². The quantitative estimate of drug-likeness (QED) is 0.198. The summed E-state index contributed by atoms with van der Waals surface area (Å²) in [5, 5.41) is 2.04. The topological polar surface area (TPSA) is 65.6 Å². The first-order valence-corrected chi connectivity index (χ1v) is 13.7. The number of hydrogen-bond acceptors (Lipinski definition) is 3. The normalized spacial score (nSPS) is 11.1. The summed E-state index contributed by atoms with van der Waals surface area (Å²) in [7, 11) is 1.63. The van der Waals surface area contributed by atoms with Crippen LogP contribution in [0.1, 0.15) is 33.5 Å². The van der Waals surface area contributed by atoms with Gasteiger partial charge in [-0.15, -0.1) is 0 Å². The summed E-state index contributed by atoms with van der Waals surface area (Å²) in [5.41, 5.74) is 4.68. The molecule has 4 rings (SSSR count). The van der Waals surface area contributed by atoms with E-state index < -0.39 is 0 Å². The van der Waals surface area contributed by atoms with Gasteiger partial charge in [0.15, 0.2) is 0 Å². The van der Waals surface area contributed by atoms with Gasteiger partial charge in [0.25, 0.3) is 5.91 Å². The lowest BCUT2D eigenvalue weighted by Gasteiger charge is -2.28. The Morgan fingerprint density at radius 3 is 2.44 bits per heavy atom. The van der Waals surface area contributed by atoms with Crippen molar-refractivity contribution in [1.29, 1.82) is 0 Å². The van der Waals surface area contributed by atoms with E-state index in [4.69, 9.17) is 27.9 Å². The molecule has 0 spiro atoms. The number of para-hydroxylation sites is 1. The third kappa shape index (κ3) is 7.63. The van der Waals surface area contributed by atoms with E-state index >= 15 is 0 Å². The number of halogens is 2. The fourth-order valence-electron chi connectivity index (χ4n) is 4.54. The highest BCUT2D eigenvalue weighted by molar-refractivity contribution is 6.42. The molecule has 1 heterocycles. The molecule has 4 aromatic rings. The summed E-state index contributed by atoms with van der Waals surface area (Å²) in [6.45, 7) is 3.68. The second-order valence-corrected chi connectivity index (χ2v) is 10.4. The number of amides is 2. The smallest absolute Gasteiger partial charge is 0.254 e. The molecule has 0 fully saturated rings. The van der Waals surface area contributed by atoms with Crippen LogP contribution in [0.5, 0.6) is 0 Å².